The molecule has 0 aliphatic rings. The number of hydrogen-bond donors (Lipinski definition) is 2. The fourth-order valence-electron chi connectivity index (χ4n) is 2.63. The molecule has 2 N–H and O–H groups in total. The zero-order chi connectivity index (χ0) is 20.8. The van der Waals surface area contributed by atoms with Crippen molar-refractivity contribution < 1.29 is 28.6 Å². The van der Waals surface area contributed by atoms with Crippen molar-refractivity contribution in [1.82, 2.24) is 19.7 Å². The Bertz CT molecular complexity index is 1140. The van der Waals surface area contributed by atoms with Gasteiger partial charge in [-0.2, -0.15) is 4.98 Å². The predicted octanol–water partition coefficient (Wildman–Crippen LogP) is 2.86. The first-order valence-electron chi connectivity index (χ1n) is 8.06. The van der Waals surface area contributed by atoms with Crippen LogP contribution in [0.3, 0.4) is 0 Å². The number of fused-ring (bicyclic) bond motifs is 1. The lowest BCUT2D eigenvalue weighted by Gasteiger charge is -2.03. The maximum absolute atomic E-state index is 13.0. The Morgan fingerprint density at radius 2 is 2.14 bits per heavy atom. The Labute approximate surface area is 169 Å². The summed E-state index contributed by atoms with van der Waals surface area (Å²) in [5, 5.41) is 13.6. The van der Waals surface area contributed by atoms with Crippen molar-refractivity contribution in [2.24, 2.45) is 0 Å². The summed E-state index contributed by atoms with van der Waals surface area (Å²) in [4.78, 5) is 38.7. The van der Waals surface area contributed by atoms with Crippen molar-refractivity contribution in [3.05, 3.63) is 52.3 Å². The number of carbonyl (C=O) groups is 2. The Hall–Kier alpha value is -2.98. The minimum absolute atomic E-state index is 0.161. The summed E-state index contributed by atoms with van der Waals surface area (Å²) in [6.07, 6.45) is 1.71. The van der Waals surface area contributed by atoms with Gasteiger partial charge in [0.1, 0.15) is 12.4 Å². The largest absolute Gasteiger partial charge is 0.483 e. The van der Waals surface area contributed by atoms with Gasteiger partial charge in [0, 0.05) is 23.9 Å². The zero-order valence-electron chi connectivity index (χ0n) is 15.0. The van der Waals surface area contributed by atoms with Gasteiger partial charge in [-0.15, -0.1) is 11.3 Å². The van der Waals surface area contributed by atoms with Crippen molar-refractivity contribution in [1.29, 1.82) is 0 Å². The molecule has 0 aliphatic carbocycles. The lowest BCUT2D eigenvalue weighted by atomic mass is 10.1. The van der Waals surface area contributed by atoms with Crippen molar-refractivity contribution in [3.63, 3.8) is 0 Å². The summed E-state index contributed by atoms with van der Waals surface area (Å²) in [7, 11) is -0.619. The fourth-order valence-corrected chi connectivity index (χ4v) is 3.58. The molecule has 1 atom stereocenters. The molecule has 150 valence electrons. The van der Waals surface area contributed by atoms with Gasteiger partial charge in [0.15, 0.2) is 14.0 Å². The molecule has 4 rings (SSSR count). The average molecular weight is 434 g/mol. The third kappa shape index (κ3) is 4.54. The second-order valence-electron chi connectivity index (χ2n) is 5.50. The van der Waals surface area contributed by atoms with Crippen LogP contribution < -0.4 is 0 Å². The summed E-state index contributed by atoms with van der Waals surface area (Å²) in [5.74, 6) is 0.606. The van der Waals surface area contributed by atoms with Crippen LogP contribution in [-0.4, -0.2) is 41.9 Å². The first kappa shape index (κ1) is 20.7. The van der Waals surface area contributed by atoms with E-state index in [9.17, 15) is 4.79 Å². The van der Waals surface area contributed by atoms with E-state index in [-0.39, 0.29) is 19.0 Å². The molecule has 1 unspecified atom stereocenters. The van der Waals surface area contributed by atoms with Gasteiger partial charge in [0.2, 0.25) is 17.5 Å². The molecule has 3 heterocycles. The monoisotopic (exact) mass is 434 g/mol. The van der Waals surface area contributed by atoms with Gasteiger partial charge < -0.3 is 23.6 Å². The highest BCUT2D eigenvalue weighted by molar-refractivity contribution is 7.24. The van der Waals surface area contributed by atoms with Gasteiger partial charge in [-0.05, 0) is 6.07 Å². The smallest absolute Gasteiger partial charge is 0.290 e. The van der Waals surface area contributed by atoms with Gasteiger partial charge in [-0.25, -0.2) is 4.98 Å². The molecule has 3 aromatic heterocycles. The van der Waals surface area contributed by atoms with E-state index < -0.39 is 9.03 Å². The highest BCUT2D eigenvalue weighted by Gasteiger charge is 2.21. The topological polar surface area (TPSA) is 141 Å². The van der Waals surface area contributed by atoms with Crippen molar-refractivity contribution in [3.8, 4) is 11.5 Å². The SMILES string of the molecule is Cc1nc(-c2csc(C(=O)c3cn(COPO)c4ccccc34)n2)no1.O=CO. The summed E-state index contributed by atoms with van der Waals surface area (Å²) in [5.41, 5.74) is 1.87. The molecule has 0 spiro atoms. The molecular formula is C17H15N4O6PS. The molecule has 0 aliphatic heterocycles. The van der Waals surface area contributed by atoms with Crippen LogP contribution in [0, 0.1) is 6.92 Å². The number of ketones is 1. The van der Waals surface area contributed by atoms with Crippen LogP contribution in [0.4, 0.5) is 0 Å². The van der Waals surface area contributed by atoms with E-state index in [4.69, 9.17) is 23.8 Å². The number of carboxylic acid groups (broad SMARTS) is 1. The number of nitrogens with zero attached hydrogens (tertiary/aromatic N) is 4. The second-order valence-corrected chi connectivity index (χ2v) is 6.83. The number of thiazole rings is 1. The molecule has 0 fully saturated rings. The molecule has 0 radical (unpaired) electrons. The maximum Gasteiger partial charge on any atom is 0.290 e. The lowest BCUT2D eigenvalue weighted by molar-refractivity contribution is -0.122. The number of para-hydroxylation sites is 1. The fraction of sp³-hybridized carbons (Fsp3) is 0.118. The zero-order valence-corrected chi connectivity index (χ0v) is 16.8. The normalized spacial score (nSPS) is 11.0. The highest BCUT2D eigenvalue weighted by Crippen LogP contribution is 2.27. The van der Waals surface area contributed by atoms with Gasteiger partial charge in [0.05, 0.1) is 11.1 Å². The van der Waals surface area contributed by atoms with Crippen molar-refractivity contribution in [2.75, 3.05) is 0 Å². The third-order valence-electron chi connectivity index (χ3n) is 3.76. The number of hydrogen-bond acceptors (Lipinski definition) is 9. The van der Waals surface area contributed by atoms with Crippen LogP contribution in [0.15, 0.2) is 40.4 Å². The molecule has 0 saturated heterocycles. The summed E-state index contributed by atoms with van der Waals surface area (Å²) < 4.78 is 11.8. The molecule has 1 aromatic carbocycles. The number of carbonyl (C=O) groups excluding carboxylic acids is 1. The van der Waals surface area contributed by atoms with E-state index >= 15 is 0 Å². The van der Waals surface area contributed by atoms with Gasteiger partial charge in [0.25, 0.3) is 6.47 Å². The first-order chi connectivity index (χ1) is 14.1. The third-order valence-corrected chi connectivity index (χ3v) is 4.86. The van der Waals surface area contributed by atoms with Crippen LogP contribution >= 0.6 is 20.4 Å². The summed E-state index contributed by atoms with van der Waals surface area (Å²) >= 11 is 1.23. The van der Waals surface area contributed by atoms with E-state index in [0.29, 0.717) is 28.0 Å². The number of benzene rings is 1. The van der Waals surface area contributed by atoms with Crippen LogP contribution in [0.5, 0.6) is 0 Å². The summed E-state index contributed by atoms with van der Waals surface area (Å²) in [6, 6.07) is 7.52. The van der Waals surface area contributed by atoms with Gasteiger partial charge in [-0.3, -0.25) is 9.59 Å². The van der Waals surface area contributed by atoms with Gasteiger partial charge in [-0.1, -0.05) is 23.4 Å². The lowest BCUT2D eigenvalue weighted by Crippen LogP contribution is -2.01. The van der Waals surface area contributed by atoms with Crippen LogP contribution in [0.2, 0.25) is 0 Å². The Morgan fingerprint density at radius 3 is 2.83 bits per heavy atom. The Kier molecular flexibility index (Phi) is 6.78. The minimum Gasteiger partial charge on any atom is -0.483 e. The second kappa shape index (κ2) is 9.48. The molecule has 0 amide bonds. The molecule has 0 bridgehead atoms. The van der Waals surface area contributed by atoms with Crippen LogP contribution in [-0.2, 0) is 16.0 Å². The predicted molar refractivity (Wildman–Crippen MR) is 106 cm³/mol. The molecule has 0 saturated carbocycles. The van der Waals surface area contributed by atoms with E-state index in [0.717, 1.165) is 10.9 Å². The molecule has 10 nitrogen and oxygen atoms in total. The standard InChI is InChI=1S/C16H13N4O4PS.CH2O2/c1-9-17-15(19-24-9)12-7-26-16(18-12)14(21)11-6-20(8-23-25-22)13-5-3-2-4-10(11)13;2-1-3/h2-7,22,25H,8H2,1H3;1H,(H,2,3). The number of rotatable bonds is 6. The average Bonchev–Trinajstić information content (AvgIpc) is 3.45. The van der Waals surface area contributed by atoms with Gasteiger partial charge >= 0.3 is 0 Å². The first-order valence-corrected chi connectivity index (χ1v) is 9.80. The minimum atomic E-state index is -0.619. The quantitative estimate of drug-likeness (QED) is 0.266. The number of aromatic nitrogens is 4. The maximum atomic E-state index is 13.0. The Morgan fingerprint density at radius 1 is 1.38 bits per heavy atom. The van der Waals surface area contributed by atoms with E-state index in [1.807, 2.05) is 24.3 Å². The molecular weight excluding hydrogens is 419 g/mol. The highest BCUT2D eigenvalue weighted by atomic mass is 32.1. The van der Waals surface area contributed by atoms with E-state index in [1.165, 1.54) is 11.3 Å². The Balaban J connectivity index is 0.000000755. The van der Waals surface area contributed by atoms with Crippen molar-refractivity contribution >= 4 is 43.5 Å². The van der Waals surface area contributed by atoms with Crippen LogP contribution in [0.1, 0.15) is 21.3 Å². The molecule has 4 aromatic rings. The van der Waals surface area contributed by atoms with E-state index in [2.05, 4.69) is 15.1 Å². The molecule has 29 heavy (non-hydrogen) atoms. The number of aryl methyl sites for hydroxylation is 1. The van der Waals surface area contributed by atoms with Crippen LogP contribution in [0.25, 0.3) is 22.4 Å². The van der Waals surface area contributed by atoms with E-state index in [1.54, 1.807) is 23.1 Å². The van der Waals surface area contributed by atoms with Crippen molar-refractivity contribution in [2.45, 2.75) is 13.7 Å². The molecule has 12 heteroatoms. The summed E-state index contributed by atoms with van der Waals surface area (Å²) in [6.45, 7) is 1.60.